The Morgan fingerprint density at radius 2 is 1.56 bits per heavy atom. The lowest BCUT2D eigenvalue weighted by molar-refractivity contribution is -0.123. The predicted octanol–water partition coefficient (Wildman–Crippen LogP) is 6.44. The van der Waals surface area contributed by atoms with E-state index in [-0.39, 0.29) is 30.6 Å². The molecule has 1 N–H and O–H groups in total. The lowest BCUT2D eigenvalue weighted by Gasteiger charge is -2.23. The monoisotopic (exact) mass is 598 g/mol. The van der Waals surface area contributed by atoms with Gasteiger partial charge in [0.25, 0.3) is 0 Å². The van der Waals surface area contributed by atoms with Crippen molar-refractivity contribution in [1.29, 1.82) is 0 Å². The Morgan fingerprint density at radius 1 is 0.860 bits per heavy atom. The van der Waals surface area contributed by atoms with Crippen LogP contribution in [0.4, 0.5) is 19.0 Å². The van der Waals surface area contributed by atoms with E-state index in [1.54, 1.807) is 41.1 Å². The van der Waals surface area contributed by atoms with Crippen molar-refractivity contribution in [3.8, 4) is 16.9 Å². The number of carbonyl (C=O) groups is 2. The van der Waals surface area contributed by atoms with Gasteiger partial charge in [-0.05, 0) is 59.7 Å². The maximum atomic E-state index is 14.5. The normalized spacial score (nSPS) is 14.7. The van der Waals surface area contributed by atoms with E-state index < -0.39 is 22.8 Å². The van der Waals surface area contributed by atoms with E-state index in [1.165, 1.54) is 53.1 Å². The summed E-state index contributed by atoms with van der Waals surface area (Å²) in [6.45, 7) is -0.189. The summed E-state index contributed by atoms with van der Waals surface area (Å²) < 4.78 is 43.3. The summed E-state index contributed by atoms with van der Waals surface area (Å²) in [4.78, 5) is 28.4. The third-order valence-electron chi connectivity index (χ3n) is 7.06. The number of carbonyl (C=O) groups excluding carboxylic acids is 2. The van der Waals surface area contributed by atoms with Crippen LogP contribution < -0.4 is 10.2 Å². The highest BCUT2D eigenvalue weighted by Gasteiger charge is 2.37. The zero-order valence-corrected chi connectivity index (χ0v) is 23.5. The van der Waals surface area contributed by atoms with Crippen molar-refractivity contribution in [3.63, 3.8) is 0 Å². The van der Waals surface area contributed by atoms with Crippen LogP contribution in [0.1, 0.15) is 21.9 Å². The van der Waals surface area contributed by atoms with Gasteiger partial charge in [0.05, 0.1) is 22.4 Å². The number of hydrogen-bond acceptors (Lipinski definition) is 4. The molecule has 6 nitrogen and oxygen atoms in total. The third-order valence-corrected chi connectivity index (χ3v) is 8.32. The molecule has 1 atom stereocenters. The minimum Gasteiger partial charge on any atom is -0.350 e. The molecule has 2 amide bonds. The SMILES string of the molecule is O=C(CN1C(=O)CS[C@H](c2cccc(F)c2)c2c(-c3ccccc3)nn(-c3ccc(F)cc3)c21)NCc1ccc(F)cc1. The second-order valence-electron chi connectivity index (χ2n) is 9.97. The second kappa shape index (κ2) is 12.2. The Morgan fingerprint density at radius 3 is 2.26 bits per heavy atom. The number of anilines is 1. The first kappa shape index (κ1) is 28.3. The van der Waals surface area contributed by atoms with E-state index >= 15 is 0 Å². The molecule has 0 bridgehead atoms. The van der Waals surface area contributed by atoms with E-state index in [2.05, 4.69) is 5.32 Å². The van der Waals surface area contributed by atoms with E-state index in [1.807, 2.05) is 30.3 Å². The third kappa shape index (κ3) is 6.05. The Bertz CT molecular complexity index is 1780. The van der Waals surface area contributed by atoms with Crippen molar-refractivity contribution in [3.05, 3.63) is 137 Å². The van der Waals surface area contributed by atoms with E-state index in [0.717, 1.165) is 5.56 Å². The van der Waals surface area contributed by atoms with Gasteiger partial charge in [0.1, 0.15) is 29.8 Å². The molecule has 0 fully saturated rings. The average molecular weight is 599 g/mol. The van der Waals surface area contributed by atoms with Crippen molar-refractivity contribution in [2.24, 2.45) is 0 Å². The van der Waals surface area contributed by atoms with Crippen LogP contribution in [0.5, 0.6) is 0 Å². The van der Waals surface area contributed by atoms with Crippen LogP contribution in [0.25, 0.3) is 16.9 Å². The molecular formula is C33H25F3N4O2S. The molecule has 1 aromatic heterocycles. The molecule has 0 saturated heterocycles. The molecule has 0 unspecified atom stereocenters. The molecule has 216 valence electrons. The van der Waals surface area contributed by atoms with Gasteiger partial charge in [-0.2, -0.15) is 5.10 Å². The van der Waals surface area contributed by atoms with E-state index in [0.29, 0.717) is 33.9 Å². The van der Waals surface area contributed by atoms with Crippen LogP contribution in [0.3, 0.4) is 0 Å². The number of halogens is 3. The number of nitrogens with zero attached hydrogens (tertiary/aromatic N) is 3. The zero-order chi connectivity index (χ0) is 29.9. The van der Waals surface area contributed by atoms with Gasteiger partial charge in [-0.3, -0.25) is 14.5 Å². The van der Waals surface area contributed by atoms with Gasteiger partial charge >= 0.3 is 0 Å². The van der Waals surface area contributed by atoms with Crippen LogP contribution in [0.2, 0.25) is 0 Å². The fraction of sp³-hybridized carbons (Fsp3) is 0.121. The predicted molar refractivity (Wildman–Crippen MR) is 160 cm³/mol. The molecule has 0 aliphatic carbocycles. The Kier molecular flexibility index (Phi) is 8.02. The summed E-state index contributed by atoms with van der Waals surface area (Å²) in [6.07, 6.45) is 0. The van der Waals surface area contributed by atoms with Crippen LogP contribution >= 0.6 is 11.8 Å². The van der Waals surface area contributed by atoms with E-state index in [4.69, 9.17) is 5.10 Å². The van der Waals surface area contributed by atoms with Crippen LogP contribution in [0.15, 0.2) is 103 Å². The molecule has 43 heavy (non-hydrogen) atoms. The Balaban J connectivity index is 1.49. The fourth-order valence-corrected chi connectivity index (χ4v) is 6.21. The highest BCUT2D eigenvalue weighted by Crippen LogP contribution is 2.48. The quantitative estimate of drug-likeness (QED) is 0.234. The zero-order valence-electron chi connectivity index (χ0n) is 22.7. The molecule has 10 heteroatoms. The van der Waals surface area contributed by atoms with E-state index in [9.17, 15) is 22.8 Å². The molecule has 6 rings (SSSR count). The largest absolute Gasteiger partial charge is 0.350 e. The first-order chi connectivity index (χ1) is 20.9. The maximum absolute atomic E-state index is 14.5. The number of aromatic nitrogens is 2. The lowest BCUT2D eigenvalue weighted by Crippen LogP contribution is -2.42. The topological polar surface area (TPSA) is 67.2 Å². The van der Waals surface area contributed by atoms with Crippen molar-refractivity contribution in [2.45, 2.75) is 11.8 Å². The van der Waals surface area contributed by atoms with Gasteiger partial charge in [-0.15, -0.1) is 11.8 Å². The van der Waals surface area contributed by atoms with Gasteiger partial charge in [0.15, 0.2) is 0 Å². The first-order valence-corrected chi connectivity index (χ1v) is 14.5. The molecular weight excluding hydrogens is 573 g/mol. The standard InChI is InChI=1S/C33H25F3N4O2S/c34-24-11-9-21(10-12-24)18-37-28(41)19-39-29(42)20-43-32(23-7-4-8-26(36)17-23)30-31(22-5-2-1-3-6-22)38-40(33(30)39)27-15-13-25(35)14-16-27/h1-17,32H,18-20H2,(H,37,41)/t32-/m1/s1. The molecule has 4 aromatic carbocycles. The van der Waals surface area contributed by atoms with Crippen LogP contribution in [-0.4, -0.2) is 33.9 Å². The van der Waals surface area contributed by atoms with Gasteiger partial charge in [-0.25, -0.2) is 17.9 Å². The maximum Gasteiger partial charge on any atom is 0.240 e. The van der Waals surface area contributed by atoms with Crippen molar-refractivity contribution in [1.82, 2.24) is 15.1 Å². The summed E-state index contributed by atoms with van der Waals surface area (Å²) >= 11 is 1.32. The molecule has 0 spiro atoms. The Labute approximate surface area is 250 Å². The molecule has 0 radical (unpaired) electrons. The van der Waals surface area contributed by atoms with Gasteiger partial charge in [0, 0.05) is 17.7 Å². The molecule has 5 aromatic rings. The van der Waals surface area contributed by atoms with Crippen LogP contribution in [-0.2, 0) is 16.1 Å². The molecule has 1 aliphatic heterocycles. The van der Waals surface area contributed by atoms with Gasteiger partial charge in [0.2, 0.25) is 11.8 Å². The number of benzene rings is 4. The fourth-order valence-electron chi connectivity index (χ4n) is 5.03. The van der Waals surface area contributed by atoms with Gasteiger partial charge in [-0.1, -0.05) is 54.6 Å². The minimum absolute atomic E-state index is 0.0126. The highest BCUT2D eigenvalue weighted by molar-refractivity contribution is 8.00. The summed E-state index contributed by atoms with van der Waals surface area (Å²) in [6, 6.07) is 27.0. The number of thioether (sulfide) groups is 1. The molecule has 1 aliphatic rings. The summed E-state index contributed by atoms with van der Waals surface area (Å²) in [5, 5.41) is 7.22. The summed E-state index contributed by atoms with van der Waals surface area (Å²) in [5.74, 6) is -1.67. The highest BCUT2D eigenvalue weighted by atomic mass is 32.2. The van der Waals surface area contributed by atoms with Crippen molar-refractivity contribution in [2.75, 3.05) is 17.2 Å². The number of fused-ring (bicyclic) bond motifs is 1. The number of rotatable bonds is 7. The van der Waals surface area contributed by atoms with Gasteiger partial charge < -0.3 is 5.32 Å². The summed E-state index contributed by atoms with van der Waals surface area (Å²) in [7, 11) is 0. The smallest absolute Gasteiger partial charge is 0.240 e. The molecule has 0 saturated carbocycles. The summed E-state index contributed by atoms with van der Waals surface area (Å²) in [5.41, 5.74) is 3.75. The Hall–Kier alpha value is -4.83. The van der Waals surface area contributed by atoms with Crippen LogP contribution in [0, 0.1) is 17.5 Å². The average Bonchev–Trinajstić information content (AvgIpc) is 3.34. The number of amides is 2. The first-order valence-electron chi connectivity index (χ1n) is 13.5. The lowest BCUT2D eigenvalue weighted by atomic mass is 9.99. The second-order valence-corrected chi connectivity index (χ2v) is 11.1. The number of hydrogen-bond donors (Lipinski definition) is 1. The van der Waals surface area contributed by atoms with Crippen molar-refractivity contribution >= 4 is 29.4 Å². The minimum atomic E-state index is -0.508. The number of nitrogens with one attached hydrogen (secondary N) is 1. The van der Waals surface area contributed by atoms with Crippen molar-refractivity contribution < 1.29 is 22.8 Å². The molecule has 2 heterocycles.